The van der Waals surface area contributed by atoms with Crippen molar-refractivity contribution in [1.29, 1.82) is 0 Å². The Balaban J connectivity index is 1.55. The van der Waals surface area contributed by atoms with Gasteiger partial charge in [0.25, 0.3) is 5.91 Å². The highest BCUT2D eigenvalue weighted by Crippen LogP contribution is 2.32. The number of hydrogen-bond acceptors (Lipinski definition) is 6. The number of carbonyl (C=O) groups is 3. The second-order valence-electron chi connectivity index (χ2n) is 9.05. The minimum atomic E-state index is -0.445. The normalized spacial score (nSPS) is 14.6. The molecule has 0 saturated carbocycles. The van der Waals surface area contributed by atoms with Crippen LogP contribution in [-0.2, 0) is 14.9 Å². The van der Waals surface area contributed by atoms with Crippen LogP contribution in [0.2, 0.25) is 0 Å². The monoisotopic (exact) mass is 472 g/mol. The summed E-state index contributed by atoms with van der Waals surface area (Å²) in [5.74, 6) is -0.461. The number of piperidine rings is 1. The minimum Gasteiger partial charge on any atom is -0.465 e. The Labute approximate surface area is 198 Å². The topological polar surface area (TPSA) is 101 Å². The van der Waals surface area contributed by atoms with Crippen molar-refractivity contribution in [2.75, 3.05) is 31.6 Å². The summed E-state index contributed by atoms with van der Waals surface area (Å²) in [5.41, 5.74) is 2.19. The molecule has 2 aromatic rings. The number of para-hydroxylation sites is 1. The van der Waals surface area contributed by atoms with E-state index in [1.807, 2.05) is 24.3 Å². The number of carbonyl (C=O) groups excluding carboxylic acids is 3. The van der Waals surface area contributed by atoms with Crippen LogP contribution in [0.3, 0.4) is 0 Å². The van der Waals surface area contributed by atoms with Gasteiger partial charge in [-0.25, -0.2) is 9.78 Å². The molecule has 0 bridgehead atoms. The molecule has 1 aliphatic rings. The Hall–Kier alpha value is -2.94. The first-order valence-electron chi connectivity index (χ1n) is 11.2. The summed E-state index contributed by atoms with van der Waals surface area (Å²) in [5, 5.41) is 8.31. The molecule has 1 fully saturated rings. The molecule has 1 aromatic carbocycles. The van der Waals surface area contributed by atoms with Crippen LogP contribution >= 0.6 is 11.3 Å². The summed E-state index contributed by atoms with van der Waals surface area (Å²) in [6, 6.07) is 7.56. The van der Waals surface area contributed by atoms with Gasteiger partial charge in [0.2, 0.25) is 0 Å². The zero-order valence-electron chi connectivity index (χ0n) is 19.6. The van der Waals surface area contributed by atoms with Gasteiger partial charge >= 0.3 is 12.0 Å². The summed E-state index contributed by atoms with van der Waals surface area (Å²) in [4.78, 5) is 42.8. The van der Waals surface area contributed by atoms with Crippen LogP contribution in [0.1, 0.15) is 67.5 Å². The number of hydrogen-bond donors (Lipinski definition) is 2. The first kappa shape index (κ1) is 24.7. The van der Waals surface area contributed by atoms with Crippen molar-refractivity contribution in [3.63, 3.8) is 0 Å². The van der Waals surface area contributed by atoms with Crippen LogP contribution in [0.15, 0.2) is 29.6 Å². The highest BCUT2D eigenvalue weighted by atomic mass is 32.1. The fourth-order valence-corrected chi connectivity index (χ4v) is 4.78. The van der Waals surface area contributed by atoms with E-state index in [9.17, 15) is 14.4 Å². The predicted octanol–water partition coefficient (Wildman–Crippen LogP) is 4.15. The third-order valence-corrected chi connectivity index (χ3v) is 6.57. The lowest BCUT2D eigenvalue weighted by atomic mass is 9.86. The van der Waals surface area contributed by atoms with Gasteiger partial charge in [-0.2, -0.15) is 0 Å². The van der Waals surface area contributed by atoms with Gasteiger partial charge in [0, 0.05) is 30.1 Å². The lowest BCUT2D eigenvalue weighted by molar-refractivity contribution is -0.141. The maximum absolute atomic E-state index is 12.8. The molecule has 1 aliphatic heterocycles. The molecule has 2 N–H and O–H groups in total. The molecule has 0 spiro atoms. The Kier molecular flexibility index (Phi) is 8.07. The molecule has 1 aromatic heterocycles. The molecule has 33 heavy (non-hydrogen) atoms. The summed E-state index contributed by atoms with van der Waals surface area (Å²) in [6.07, 6.45) is 1.52. The van der Waals surface area contributed by atoms with Crippen LogP contribution in [0, 0.1) is 0 Å². The quantitative estimate of drug-likeness (QED) is 0.615. The number of benzene rings is 1. The minimum absolute atomic E-state index is 0.0896. The number of nitrogens with zero attached hydrogens (tertiary/aromatic N) is 2. The standard InChI is InChI=1S/C24H32N4O4S/c1-5-32-20(29)14-25-23(31)28-12-10-16(11-13-28)22-27-19(15-33-22)21(30)26-18-9-7-6-8-17(18)24(2,3)4/h6-9,15-16H,5,10-14H2,1-4H3,(H,25,31)(H,26,30). The van der Waals surface area contributed by atoms with Gasteiger partial charge < -0.3 is 20.3 Å². The van der Waals surface area contributed by atoms with Gasteiger partial charge in [-0.3, -0.25) is 9.59 Å². The van der Waals surface area contributed by atoms with E-state index in [1.54, 1.807) is 17.2 Å². The molecule has 9 heteroatoms. The number of amides is 3. The second kappa shape index (κ2) is 10.8. The Bertz CT molecular complexity index is 990. The fourth-order valence-electron chi connectivity index (χ4n) is 3.81. The van der Waals surface area contributed by atoms with Crippen LogP contribution in [-0.4, -0.2) is 54.0 Å². The van der Waals surface area contributed by atoms with Gasteiger partial charge in [0.05, 0.1) is 11.6 Å². The van der Waals surface area contributed by atoms with Crippen molar-refractivity contribution in [1.82, 2.24) is 15.2 Å². The van der Waals surface area contributed by atoms with Crippen molar-refractivity contribution < 1.29 is 19.1 Å². The molecule has 3 rings (SSSR count). The van der Waals surface area contributed by atoms with Gasteiger partial charge in [0.15, 0.2) is 0 Å². The van der Waals surface area contributed by atoms with E-state index in [-0.39, 0.29) is 36.4 Å². The summed E-state index contributed by atoms with van der Waals surface area (Å²) in [6.45, 7) is 9.36. The van der Waals surface area contributed by atoms with Gasteiger partial charge in [-0.05, 0) is 36.8 Å². The number of esters is 1. The number of ether oxygens (including phenoxy) is 1. The molecule has 1 saturated heterocycles. The Morgan fingerprint density at radius 2 is 1.88 bits per heavy atom. The second-order valence-corrected chi connectivity index (χ2v) is 9.94. The van der Waals surface area contributed by atoms with Gasteiger partial charge in [-0.1, -0.05) is 39.0 Å². The van der Waals surface area contributed by atoms with Gasteiger partial charge in [-0.15, -0.1) is 11.3 Å². The lowest BCUT2D eigenvalue weighted by Gasteiger charge is -2.31. The SMILES string of the molecule is CCOC(=O)CNC(=O)N1CCC(c2nc(C(=O)Nc3ccccc3C(C)(C)C)cs2)CC1. The van der Waals surface area contributed by atoms with Crippen molar-refractivity contribution in [2.24, 2.45) is 0 Å². The molecule has 0 aliphatic carbocycles. The molecule has 0 radical (unpaired) electrons. The lowest BCUT2D eigenvalue weighted by Crippen LogP contribution is -2.45. The zero-order valence-corrected chi connectivity index (χ0v) is 20.5. The average Bonchev–Trinajstić information content (AvgIpc) is 3.28. The molecular formula is C24H32N4O4S. The maximum atomic E-state index is 12.8. The van der Waals surface area contributed by atoms with E-state index in [4.69, 9.17) is 4.74 Å². The van der Waals surface area contributed by atoms with Crippen LogP contribution < -0.4 is 10.6 Å². The van der Waals surface area contributed by atoms with Crippen molar-refractivity contribution >= 4 is 34.9 Å². The third kappa shape index (κ3) is 6.54. The van der Waals surface area contributed by atoms with Crippen LogP contribution in [0.25, 0.3) is 0 Å². The first-order valence-corrected chi connectivity index (χ1v) is 12.1. The maximum Gasteiger partial charge on any atom is 0.325 e. The Morgan fingerprint density at radius 1 is 1.18 bits per heavy atom. The number of aromatic nitrogens is 1. The number of nitrogens with one attached hydrogen (secondary N) is 2. The molecule has 8 nitrogen and oxygen atoms in total. The van der Waals surface area contributed by atoms with Crippen LogP contribution in [0.4, 0.5) is 10.5 Å². The third-order valence-electron chi connectivity index (χ3n) is 5.56. The number of likely N-dealkylation sites (tertiary alicyclic amines) is 1. The average molecular weight is 473 g/mol. The first-order chi connectivity index (χ1) is 15.7. The molecule has 3 amide bonds. The molecule has 0 unspecified atom stereocenters. The van der Waals surface area contributed by atoms with E-state index < -0.39 is 5.97 Å². The zero-order chi connectivity index (χ0) is 24.0. The fraction of sp³-hybridized carbons (Fsp3) is 0.500. The van der Waals surface area contributed by atoms with E-state index in [0.717, 1.165) is 29.1 Å². The molecule has 178 valence electrons. The number of urea groups is 1. The van der Waals surface area contributed by atoms with E-state index in [1.165, 1.54) is 11.3 Å². The number of rotatable bonds is 6. The Morgan fingerprint density at radius 3 is 2.55 bits per heavy atom. The largest absolute Gasteiger partial charge is 0.465 e. The predicted molar refractivity (Wildman–Crippen MR) is 129 cm³/mol. The van der Waals surface area contributed by atoms with Crippen LogP contribution in [0.5, 0.6) is 0 Å². The van der Waals surface area contributed by atoms with Gasteiger partial charge in [0.1, 0.15) is 12.2 Å². The molecular weight excluding hydrogens is 440 g/mol. The smallest absolute Gasteiger partial charge is 0.325 e. The number of anilines is 1. The molecule has 2 heterocycles. The van der Waals surface area contributed by atoms with Crippen molar-refractivity contribution in [3.8, 4) is 0 Å². The summed E-state index contributed by atoms with van der Waals surface area (Å²) in [7, 11) is 0. The highest BCUT2D eigenvalue weighted by molar-refractivity contribution is 7.10. The van der Waals surface area contributed by atoms with E-state index in [2.05, 4.69) is 36.4 Å². The summed E-state index contributed by atoms with van der Waals surface area (Å²) < 4.78 is 4.82. The summed E-state index contributed by atoms with van der Waals surface area (Å²) >= 11 is 1.48. The molecule has 0 atom stereocenters. The highest BCUT2D eigenvalue weighted by Gasteiger charge is 2.27. The van der Waals surface area contributed by atoms with E-state index >= 15 is 0 Å². The van der Waals surface area contributed by atoms with E-state index in [0.29, 0.717) is 18.8 Å². The number of thiazole rings is 1. The van der Waals surface area contributed by atoms with Crippen molar-refractivity contribution in [2.45, 2.75) is 51.9 Å². The van der Waals surface area contributed by atoms with Crippen molar-refractivity contribution in [3.05, 3.63) is 45.9 Å².